The molecule has 0 aromatic heterocycles. The molecule has 0 heterocycles. The summed E-state index contributed by atoms with van der Waals surface area (Å²) in [5, 5.41) is 14.4. The van der Waals surface area contributed by atoms with Crippen LogP contribution in [0.15, 0.2) is 24.3 Å². The Labute approximate surface area is 157 Å². The molecule has 2 rings (SSSR count). The normalized spacial score (nSPS) is 15.1. The highest BCUT2D eigenvalue weighted by Crippen LogP contribution is 2.27. The van der Waals surface area contributed by atoms with E-state index in [0.717, 1.165) is 19.3 Å². The van der Waals surface area contributed by atoms with Gasteiger partial charge >= 0.3 is 5.97 Å². The van der Waals surface area contributed by atoms with E-state index in [1.165, 1.54) is 7.11 Å². The molecule has 27 heavy (non-hydrogen) atoms. The zero-order chi connectivity index (χ0) is 19.7. The molecule has 0 unspecified atom stereocenters. The first-order chi connectivity index (χ1) is 13.0. The molecule has 8 nitrogen and oxygen atoms in total. The SMILES string of the molecule is COc1ccc(C(=O)NCC(=O)OCC(=O)NC2(C#N)CCCCC2)cc1. The van der Waals surface area contributed by atoms with E-state index < -0.39 is 29.9 Å². The fourth-order valence-corrected chi connectivity index (χ4v) is 2.92. The molecular formula is C19H23N3O5. The van der Waals surface area contributed by atoms with Gasteiger partial charge in [-0.2, -0.15) is 5.26 Å². The van der Waals surface area contributed by atoms with Crippen molar-refractivity contribution in [3.05, 3.63) is 29.8 Å². The highest BCUT2D eigenvalue weighted by atomic mass is 16.5. The van der Waals surface area contributed by atoms with Crippen LogP contribution in [0, 0.1) is 11.3 Å². The van der Waals surface area contributed by atoms with Crippen molar-refractivity contribution in [1.82, 2.24) is 10.6 Å². The highest BCUT2D eigenvalue weighted by molar-refractivity contribution is 5.96. The van der Waals surface area contributed by atoms with Gasteiger partial charge in [-0.05, 0) is 37.1 Å². The van der Waals surface area contributed by atoms with Crippen molar-refractivity contribution in [1.29, 1.82) is 5.26 Å². The summed E-state index contributed by atoms with van der Waals surface area (Å²) in [6.45, 7) is -0.845. The van der Waals surface area contributed by atoms with Gasteiger partial charge in [-0.15, -0.1) is 0 Å². The predicted octanol–water partition coefficient (Wildman–Crippen LogP) is 1.31. The molecule has 1 aliphatic carbocycles. The monoisotopic (exact) mass is 373 g/mol. The second kappa shape index (κ2) is 9.57. The van der Waals surface area contributed by atoms with E-state index in [1.807, 2.05) is 0 Å². The summed E-state index contributed by atoms with van der Waals surface area (Å²) in [6.07, 6.45) is 4.00. The molecule has 0 radical (unpaired) electrons. The number of hydrogen-bond donors (Lipinski definition) is 2. The largest absolute Gasteiger partial charge is 0.497 e. The maximum Gasteiger partial charge on any atom is 0.325 e. The Morgan fingerprint density at radius 2 is 1.81 bits per heavy atom. The number of nitriles is 1. The number of carbonyl (C=O) groups is 3. The maximum atomic E-state index is 12.0. The van der Waals surface area contributed by atoms with Crippen molar-refractivity contribution in [2.24, 2.45) is 0 Å². The van der Waals surface area contributed by atoms with E-state index >= 15 is 0 Å². The minimum atomic E-state index is -0.871. The first kappa shape index (κ1) is 20.2. The molecule has 2 N–H and O–H groups in total. The van der Waals surface area contributed by atoms with Gasteiger partial charge in [-0.3, -0.25) is 14.4 Å². The van der Waals surface area contributed by atoms with E-state index in [2.05, 4.69) is 16.7 Å². The number of esters is 1. The average Bonchev–Trinajstić information content (AvgIpc) is 2.71. The van der Waals surface area contributed by atoms with Gasteiger partial charge in [-0.1, -0.05) is 19.3 Å². The summed E-state index contributed by atoms with van der Waals surface area (Å²) < 4.78 is 9.87. The molecule has 0 aliphatic heterocycles. The topological polar surface area (TPSA) is 118 Å². The fraction of sp³-hybridized carbons (Fsp3) is 0.474. The Kier molecular flexibility index (Phi) is 7.17. The zero-order valence-corrected chi connectivity index (χ0v) is 15.2. The summed E-state index contributed by atoms with van der Waals surface area (Å²) in [7, 11) is 1.52. The molecular weight excluding hydrogens is 350 g/mol. The van der Waals surface area contributed by atoms with Crippen LogP contribution in [-0.2, 0) is 14.3 Å². The van der Waals surface area contributed by atoms with Crippen LogP contribution in [0.3, 0.4) is 0 Å². The van der Waals surface area contributed by atoms with Crippen molar-refractivity contribution in [3.8, 4) is 11.8 Å². The first-order valence-corrected chi connectivity index (χ1v) is 8.78. The molecule has 1 fully saturated rings. The minimum absolute atomic E-state index is 0.360. The average molecular weight is 373 g/mol. The molecule has 0 atom stereocenters. The Morgan fingerprint density at radius 3 is 2.41 bits per heavy atom. The first-order valence-electron chi connectivity index (χ1n) is 8.78. The van der Waals surface area contributed by atoms with Crippen molar-refractivity contribution < 1.29 is 23.9 Å². The summed E-state index contributed by atoms with van der Waals surface area (Å²) in [5.74, 6) is -1.08. The number of ether oxygens (including phenoxy) is 2. The Bertz CT molecular complexity index is 718. The van der Waals surface area contributed by atoms with E-state index in [-0.39, 0.29) is 6.54 Å². The molecule has 1 aromatic rings. The zero-order valence-electron chi connectivity index (χ0n) is 15.2. The molecule has 0 bridgehead atoms. The number of amides is 2. The Morgan fingerprint density at radius 1 is 1.15 bits per heavy atom. The van der Waals surface area contributed by atoms with Crippen molar-refractivity contribution in [2.45, 2.75) is 37.6 Å². The lowest BCUT2D eigenvalue weighted by molar-refractivity contribution is -0.148. The number of nitrogens with zero attached hydrogens (tertiary/aromatic N) is 1. The van der Waals surface area contributed by atoms with E-state index in [9.17, 15) is 19.6 Å². The lowest BCUT2D eigenvalue weighted by atomic mass is 9.83. The van der Waals surface area contributed by atoms with Crippen LogP contribution in [0.25, 0.3) is 0 Å². The number of nitrogens with one attached hydrogen (secondary N) is 2. The van der Waals surface area contributed by atoms with Crippen LogP contribution in [0.4, 0.5) is 0 Å². The third-order valence-electron chi connectivity index (χ3n) is 4.41. The number of methoxy groups -OCH3 is 1. The van der Waals surface area contributed by atoms with Gasteiger partial charge in [0.2, 0.25) is 0 Å². The molecule has 8 heteroatoms. The molecule has 144 valence electrons. The van der Waals surface area contributed by atoms with Crippen molar-refractivity contribution in [3.63, 3.8) is 0 Å². The molecule has 1 aliphatic rings. The van der Waals surface area contributed by atoms with Gasteiger partial charge in [0, 0.05) is 5.56 Å². The molecule has 1 aromatic carbocycles. The van der Waals surface area contributed by atoms with Gasteiger partial charge in [0.25, 0.3) is 11.8 Å². The standard InChI is InChI=1S/C19H23N3O5/c1-26-15-7-5-14(6-8-15)18(25)21-11-17(24)27-12-16(23)22-19(13-20)9-3-2-4-10-19/h5-8H,2-4,9-12H2,1H3,(H,21,25)(H,22,23). The maximum absolute atomic E-state index is 12.0. The van der Waals surface area contributed by atoms with Gasteiger partial charge < -0.3 is 20.1 Å². The van der Waals surface area contributed by atoms with Gasteiger partial charge in [0.15, 0.2) is 6.61 Å². The quantitative estimate of drug-likeness (QED) is 0.696. The molecule has 1 saturated carbocycles. The second-order valence-electron chi connectivity index (χ2n) is 6.37. The van der Waals surface area contributed by atoms with Crippen LogP contribution in [0.5, 0.6) is 5.75 Å². The van der Waals surface area contributed by atoms with Crippen molar-refractivity contribution >= 4 is 17.8 Å². The van der Waals surface area contributed by atoms with Gasteiger partial charge in [0.1, 0.15) is 17.8 Å². The third kappa shape index (κ3) is 5.99. The summed E-state index contributed by atoms with van der Waals surface area (Å²) in [4.78, 5) is 35.6. The minimum Gasteiger partial charge on any atom is -0.497 e. The van der Waals surface area contributed by atoms with Crippen LogP contribution >= 0.6 is 0 Å². The van der Waals surface area contributed by atoms with Crippen LogP contribution < -0.4 is 15.4 Å². The summed E-state index contributed by atoms with van der Waals surface area (Å²) in [5.41, 5.74) is -0.501. The Balaban J connectivity index is 1.72. The van der Waals surface area contributed by atoms with Crippen LogP contribution in [0.2, 0.25) is 0 Å². The van der Waals surface area contributed by atoms with Crippen LogP contribution in [0.1, 0.15) is 42.5 Å². The number of hydrogen-bond acceptors (Lipinski definition) is 6. The van der Waals surface area contributed by atoms with Gasteiger partial charge in [-0.25, -0.2) is 0 Å². The summed E-state index contributed by atoms with van der Waals surface area (Å²) in [6, 6.07) is 8.57. The lowest BCUT2D eigenvalue weighted by Crippen LogP contribution is -2.50. The van der Waals surface area contributed by atoms with E-state index in [0.29, 0.717) is 24.2 Å². The third-order valence-corrected chi connectivity index (χ3v) is 4.41. The molecule has 0 spiro atoms. The molecule has 0 saturated heterocycles. The number of benzene rings is 1. The fourth-order valence-electron chi connectivity index (χ4n) is 2.92. The van der Waals surface area contributed by atoms with E-state index in [1.54, 1.807) is 24.3 Å². The van der Waals surface area contributed by atoms with Crippen molar-refractivity contribution in [2.75, 3.05) is 20.3 Å². The molecule has 2 amide bonds. The van der Waals surface area contributed by atoms with E-state index in [4.69, 9.17) is 9.47 Å². The second-order valence-corrected chi connectivity index (χ2v) is 6.37. The summed E-state index contributed by atoms with van der Waals surface area (Å²) >= 11 is 0. The Hall–Kier alpha value is -3.08. The predicted molar refractivity (Wildman–Crippen MR) is 95.9 cm³/mol. The van der Waals surface area contributed by atoms with Gasteiger partial charge in [0.05, 0.1) is 13.2 Å². The number of carbonyl (C=O) groups excluding carboxylic acids is 3. The lowest BCUT2D eigenvalue weighted by Gasteiger charge is -2.31. The highest BCUT2D eigenvalue weighted by Gasteiger charge is 2.33. The van der Waals surface area contributed by atoms with Crippen LogP contribution in [-0.4, -0.2) is 43.6 Å². The number of rotatable bonds is 7. The smallest absolute Gasteiger partial charge is 0.325 e.